The first-order valence-corrected chi connectivity index (χ1v) is 6.45. The zero-order chi connectivity index (χ0) is 10.9. The molecule has 0 aromatic carbocycles. The van der Waals surface area contributed by atoms with E-state index in [-0.39, 0.29) is 0 Å². The first kappa shape index (κ1) is 11.4. The number of aliphatic hydroxyl groups is 1. The van der Waals surface area contributed by atoms with E-state index in [0.29, 0.717) is 17.9 Å². The summed E-state index contributed by atoms with van der Waals surface area (Å²) in [7, 11) is 0. The Morgan fingerprint density at radius 1 is 1.27 bits per heavy atom. The van der Waals surface area contributed by atoms with Gasteiger partial charge in [-0.1, -0.05) is 26.7 Å². The first-order chi connectivity index (χ1) is 7.12. The molecule has 1 atom stereocenters. The van der Waals surface area contributed by atoms with Crippen LogP contribution in [0, 0.1) is 17.3 Å². The molecule has 0 aromatic heterocycles. The van der Waals surface area contributed by atoms with Gasteiger partial charge in [0.15, 0.2) is 0 Å². The highest BCUT2D eigenvalue weighted by Crippen LogP contribution is 2.41. The zero-order valence-corrected chi connectivity index (χ0v) is 10.2. The number of hydrogen-bond acceptors (Lipinski definition) is 2. The molecule has 2 nitrogen and oxygen atoms in total. The van der Waals surface area contributed by atoms with E-state index in [0.717, 1.165) is 19.0 Å². The molecule has 1 aliphatic carbocycles. The summed E-state index contributed by atoms with van der Waals surface area (Å²) in [5, 5.41) is 8.99. The van der Waals surface area contributed by atoms with Crippen LogP contribution in [0.4, 0.5) is 0 Å². The molecule has 0 bridgehead atoms. The van der Waals surface area contributed by atoms with E-state index in [1.807, 2.05) is 0 Å². The number of rotatable bonds is 3. The van der Waals surface area contributed by atoms with Gasteiger partial charge in [0.05, 0.1) is 0 Å². The predicted molar refractivity (Wildman–Crippen MR) is 62.8 cm³/mol. The van der Waals surface area contributed by atoms with E-state index in [1.165, 1.54) is 32.2 Å². The summed E-state index contributed by atoms with van der Waals surface area (Å²) >= 11 is 0. The van der Waals surface area contributed by atoms with Crippen molar-refractivity contribution in [2.75, 3.05) is 26.2 Å². The Hall–Kier alpha value is -0.0800. The van der Waals surface area contributed by atoms with Gasteiger partial charge in [0.25, 0.3) is 0 Å². The topological polar surface area (TPSA) is 23.5 Å². The van der Waals surface area contributed by atoms with Crippen LogP contribution in [0.3, 0.4) is 0 Å². The second-order valence-electron chi connectivity index (χ2n) is 6.20. The summed E-state index contributed by atoms with van der Waals surface area (Å²) in [4.78, 5) is 2.53. The molecule has 88 valence electrons. The SMILES string of the molecule is CC1(C)CCCCC1CN1CC(CO)C1. The molecule has 2 fully saturated rings. The summed E-state index contributed by atoms with van der Waals surface area (Å²) in [5.74, 6) is 1.45. The van der Waals surface area contributed by atoms with E-state index in [9.17, 15) is 0 Å². The Kier molecular flexibility index (Phi) is 3.36. The van der Waals surface area contributed by atoms with Crippen molar-refractivity contribution in [3.63, 3.8) is 0 Å². The molecule has 0 amide bonds. The molecule has 2 rings (SSSR count). The molecule has 1 unspecified atom stereocenters. The van der Waals surface area contributed by atoms with Crippen molar-refractivity contribution in [1.82, 2.24) is 4.90 Å². The number of likely N-dealkylation sites (tertiary alicyclic amines) is 1. The van der Waals surface area contributed by atoms with Gasteiger partial charge in [-0.25, -0.2) is 0 Å². The van der Waals surface area contributed by atoms with Gasteiger partial charge < -0.3 is 10.0 Å². The van der Waals surface area contributed by atoms with Gasteiger partial charge in [-0.3, -0.25) is 0 Å². The lowest BCUT2D eigenvalue weighted by Crippen LogP contribution is -2.51. The van der Waals surface area contributed by atoms with E-state index in [4.69, 9.17) is 5.11 Å². The van der Waals surface area contributed by atoms with E-state index in [1.54, 1.807) is 0 Å². The average molecular weight is 211 g/mol. The fraction of sp³-hybridized carbons (Fsp3) is 1.00. The number of aliphatic hydroxyl groups excluding tert-OH is 1. The summed E-state index contributed by atoms with van der Waals surface area (Å²) in [5.41, 5.74) is 0.544. The summed E-state index contributed by atoms with van der Waals surface area (Å²) in [6.45, 7) is 8.76. The van der Waals surface area contributed by atoms with Gasteiger partial charge in [0.1, 0.15) is 0 Å². The lowest BCUT2D eigenvalue weighted by Gasteiger charge is -2.46. The first-order valence-electron chi connectivity index (χ1n) is 6.45. The molecule has 0 spiro atoms. The number of nitrogens with zero attached hydrogens (tertiary/aromatic N) is 1. The Labute approximate surface area is 93.7 Å². The minimum atomic E-state index is 0.380. The minimum Gasteiger partial charge on any atom is -0.396 e. The largest absolute Gasteiger partial charge is 0.396 e. The lowest BCUT2D eigenvalue weighted by atomic mass is 9.68. The minimum absolute atomic E-state index is 0.380. The molecule has 0 radical (unpaired) electrons. The molecular weight excluding hydrogens is 186 g/mol. The average Bonchev–Trinajstić information content (AvgIpc) is 2.12. The van der Waals surface area contributed by atoms with Gasteiger partial charge in [-0.2, -0.15) is 0 Å². The van der Waals surface area contributed by atoms with Crippen LogP contribution in [0.1, 0.15) is 39.5 Å². The molecule has 1 aliphatic heterocycles. The van der Waals surface area contributed by atoms with E-state index >= 15 is 0 Å². The number of hydrogen-bond donors (Lipinski definition) is 1. The Bertz CT molecular complexity index is 209. The van der Waals surface area contributed by atoms with Gasteiger partial charge in [0.2, 0.25) is 0 Å². The third kappa shape index (κ3) is 2.54. The summed E-state index contributed by atoms with van der Waals surface area (Å²) < 4.78 is 0. The highest BCUT2D eigenvalue weighted by Gasteiger charge is 2.36. The van der Waals surface area contributed by atoms with Crippen LogP contribution in [0.15, 0.2) is 0 Å². The predicted octanol–water partition coefficient (Wildman–Crippen LogP) is 2.13. The second-order valence-corrected chi connectivity index (χ2v) is 6.20. The van der Waals surface area contributed by atoms with E-state index in [2.05, 4.69) is 18.7 Å². The van der Waals surface area contributed by atoms with E-state index < -0.39 is 0 Å². The fourth-order valence-corrected chi connectivity index (χ4v) is 3.16. The molecule has 2 aliphatic rings. The van der Waals surface area contributed by atoms with Gasteiger partial charge in [-0.15, -0.1) is 0 Å². The molecule has 1 N–H and O–H groups in total. The normalized spacial score (nSPS) is 32.6. The van der Waals surface area contributed by atoms with Crippen molar-refractivity contribution in [2.45, 2.75) is 39.5 Å². The molecule has 2 heteroatoms. The Balaban J connectivity index is 1.78. The quantitative estimate of drug-likeness (QED) is 0.773. The molecule has 1 saturated heterocycles. The van der Waals surface area contributed by atoms with Crippen LogP contribution < -0.4 is 0 Å². The highest BCUT2D eigenvalue weighted by atomic mass is 16.3. The van der Waals surface area contributed by atoms with Crippen molar-refractivity contribution in [1.29, 1.82) is 0 Å². The van der Waals surface area contributed by atoms with Crippen LogP contribution in [-0.2, 0) is 0 Å². The maximum Gasteiger partial charge on any atom is 0.0483 e. The third-order valence-electron chi connectivity index (χ3n) is 4.50. The van der Waals surface area contributed by atoms with Crippen molar-refractivity contribution in [3.8, 4) is 0 Å². The van der Waals surface area contributed by atoms with Crippen molar-refractivity contribution < 1.29 is 5.11 Å². The van der Waals surface area contributed by atoms with Crippen LogP contribution in [0.2, 0.25) is 0 Å². The van der Waals surface area contributed by atoms with Crippen molar-refractivity contribution in [2.24, 2.45) is 17.3 Å². The molecule has 15 heavy (non-hydrogen) atoms. The van der Waals surface area contributed by atoms with Gasteiger partial charge in [-0.05, 0) is 24.2 Å². The smallest absolute Gasteiger partial charge is 0.0483 e. The summed E-state index contributed by atoms with van der Waals surface area (Å²) in [6, 6.07) is 0. The van der Waals surface area contributed by atoms with Gasteiger partial charge >= 0.3 is 0 Å². The monoisotopic (exact) mass is 211 g/mol. The molecule has 1 heterocycles. The Morgan fingerprint density at radius 3 is 2.60 bits per heavy atom. The zero-order valence-electron chi connectivity index (χ0n) is 10.2. The summed E-state index contributed by atoms with van der Waals surface area (Å²) in [6.07, 6.45) is 5.65. The van der Waals surface area contributed by atoms with Crippen molar-refractivity contribution >= 4 is 0 Å². The maximum absolute atomic E-state index is 8.99. The van der Waals surface area contributed by atoms with Crippen LogP contribution in [-0.4, -0.2) is 36.2 Å². The standard InChI is InChI=1S/C13H25NO/c1-13(2)6-4-3-5-12(13)9-14-7-11(8-14)10-15/h11-12,15H,3-10H2,1-2H3. The lowest BCUT2D eigenvalue weighted by molar-refractivity contribution is 0.00919. The van der Waals surface area contributed by atoms with Crippen molar-refractivity contribution in [3.05, 3.63) is 0 Å². The van der Waals surface area contributed by atoms with Crippen LogP contribution in [0.25, 0.3) is 0 Å². The Morgan fingerprint density at radius 2 is 2.00 bits per heavy atom. The molecule has 1 saturated carbocycles. The molecule has 0 aromatic rings. The van der Waals surface area contributed by atoms with Crippen LogP contribution >= 0.6 is 0 Å². The molecular formula is C13H25NO. The van der Waals surface area contributed by atoms with Gasteiger partial charge in [0, 0.05) is 32.2 Å². The maximum atomic E-state index is 8.99. The fourth-order valence-electron chi connectivity index (χ4n) is 3.16. The van der Waals surface area contributed by atoms with Crippen LogP contribution in [0.5, 0.6) is 0 Å². The highest BCUT2D eigenvalue weighted by molar-refractivity contribution is 4.88. The third-order valence-corrected chi connectivity index (χ3v) is 4.50. The second kappa shape index (κ2) is 4.42.